The van der Waals surface area contributed by atoms with Crippen molar-refractivity contribution in [1.29, 1.82) is 0 Å². The molecule has 0 atom stereocenters. The van der Waals surface area contributed by atoms with Crippen LogP contribution in [-0.4, -0.2) is 53.1 Å². The summed E-state index contributed by atoms with van der Waals surface area (Å²) in [4.78, 5) is 40.1. The lowest BCUT2D eigenvalue weighted by molar-refractivity contribution is -0.135. The van der Waals surface area contributed by atoms with E-state index in [0.717, 1.165) is 51.7 Å². The number of ether oxygens (including phenoxy) is 1. The number of thioether (sulfide) groups is 1. The van der Waals surface area contributed by atoms with Crippen LogP contribution >= 0.6 is 27.7 Å². The van der Waals surface area contributed by atoms with Crippen LogP contribution in [-0.2, 0) is 9.59 Å². The Hall–Kier alpha value is -1.80. The molecule has 2 aliphatic heterocycles. The van der Waals surface area contributed by atoms with E-state index in [1.54, 1.807) is 11.0 Å². The van der Waals surface area contributed by atoms with E-state index < -0.39 is 11.1 Å². The molecule has 0 radical (unpaired) electrons. The largest absolute Gasteiger partial charge is 0.492 e. The summed E-state index contributed by atoms with van der Waals surface area (Å²) in [5.41, 5.74) is 0.780. The maximum absolute atomic E-state index is 12.6. The Balaban J connectivity index is 1.70. The molecule has 0 bridgehead atoms. The first-order chi connectivity index (χ1) is 13.0. The molecule has 0 aliphatic carbocycles. The first-order valence-electron chi connectivity index (χ1n) is 8.95. The smallest absolute Gasteiger partial charge is 0.294 e. The number of carbonyl (C=O) groups is 3. The summed E-state index contributed by atoms with van der Waals surface area (Å²) in [7, 11) is 0. The molecule has 2 fully saturated rings. The fourth-order valence-corrected chi connectivity index (χ4v) is 4.27. The van der Waals surface area contributed by atoms with Crippen LogP contribution in [0.15, 0.2) is 27.6 Å². The molecular weight excluding hydrogens is 432 g/mol. The maximum Gasteiger partial charge on any atom is 0.294 e. The van der Waals surface area contributed by atoms with Gasteiger partial charge in [0.1, 0.15) is 12.3 Å². The minimum atomic E-state index is -0.417. The van der Waals surface area contributed by atoms with Crippen molar-refractivity contribution >= 4 is 50.8 Å². The van der Waals surface area contributed by atoms with Gasteiger partial charge in [0.25, 0.3) is 11.1 Å². The SMILES string of the molecule is CCCOc1ccc(/C=C2\SC(=O)N(CC(=O)N3CCCC3)C2=O)cc1Br. The number of nitrogens with zero attached hydrogens (tertiary/aromatic N) is 2. The van der Waals surface area contributed by atoms with Gasteiger partial charge >= 0.3 is 0 Å². The monoisotopic (exact) mass is 452 g/mol. The molecule has 8 heteroatoms. The van der Waals surface area contributed by atoms with Gasteiger partial charge in [0, 0.05) is 13.1 Å². The highest BCUT2D eigenvalue weighted by atomic mass is 79.9. The van der Waals surface area contributed by atoms with Gasteiger partial charge in [-0.25, -0.2) is 0 Å². The van der Waals surface area contributed by atoms with Crippen LogP contribution in [0.1, 0.15) is 31.7 Å². The topological polar surface area (TPSA) is 66.9 Å². The molecule has 0 N–H and O–H groups in total. The molecule has 1 aromatic rings. The summed E-state index contributed by atoms with van der Waals surface area (Å²) in [6.45, 7) is 3.88. The molecule has 2 heterocycles. The second-order valence-electron chi connectivity index (χ2n) is 6.39. The third-order valence-corrected chi connectivity index (χ3v) is 5.87. The van der Waals surface area contributed by atoms with E-state index in [4.69, 9.17) is 4.74 Å². The Morgan fingerprint density at radius 2 is 2.04 bits per heavy atom. The lowest BCUT2D eigenvalue weighted by Crippen LogP contribution is -2.40. The minimum absolute atomic E-state index is 0.170. The lowest BCUT2D eigenvalue weighted by atomic mass is 10.2. The predicted molar refractivity (Wildman–Crippen MR) is 108 cm³/mol. The second kappa shape index (κ2) is 8.93. The average Bonchev–Trinajstić information content (AvgIpc) is 3.26. The number of carbonyl (C=O) groups excluding carboxylic acids is 3. The highest BCUT2D eigenvalue weighted by molar-refractivity contribution is 9.10. The standard InChI is InChI=1S/C19H21BrN2O4S/c1-2-9-26-15-6-5-13(10-14(15)20)11-16-18(24)22(19(25)27-16)12-17(23)21-7-3-4-8-21/h5-6,10-11H,2-4,7-9,12H2,1H3/b16-11-. The molecule has 3 amide bonds. The quantitative estimate of drug-likeness (QED) is 0.612. The van der Waals surface area contributed by atoms with E-state index in [9.17, 15) is 14.4 Å². The Morgan fingerprint density at radius 1 is 1.30 bits per heavy atom. The number of halogens is 1. The molecule has 0 saturated carbocycles. The van der Waals surface area contributed by atoms with Gasteiger partial charge in [-0.1, -0.05) is 13.0 Å². The number of rotatable bonds is 6. The zero-order chi connectivity index (χ0) is 19.4. The summed E-state index contributed by atoms with van der Waals surface area (Å²) in [6.07, 6.45) is 4.53. The summed E-state index contributed by atoms with van der Waals surface area (Å²) < 4.78 is 6.40. The van der Waals surface area contributed by atoms with E-state index in [-0.39, 0.29) is 12.5 Å². The minimum Gasteiger partial charge on any atom is -0.492 e. The Labute approximate surface area is 171 Å². The van der Waals surface area contributed by atoms with Gasteiger partial charge in [0.05, 0.1) is 16.0 Å². The highest BCUT2D eigenvalue weighted by Crippen LogP contribution is 2.34. The van der Waals surface area contributed by atoms with Gasteiger partial charge in [-0.05, 0) is 70.7 Å². The predicted octanol–water partition coefficient (Wildman–Crippen LogP) is 3.90. The summed E-state index contributed by atoms with van der Waals surface area (Å²) in [6, 6.07) is 5.50. The zero-order valence-electron chi connectivity index (χ0n) is 15.1. The van der Waals surface area contributed by atoms with Crippen molar-refractivity contribution in [2.24, 2.45) is 0 Å². The lowest BCUT2D eigenvalue weighted by Gasteiger charge is -2.18. The van der Waals surface area contributed by atoms with Crippen molar-refractivity contribution in [2.75, 3.05) is 26.2 Å². The Kier molecular flexibility index (Phi) is 6.59. The van der Waals surface area contributed by atoms with E-state index in [1.165, 1.54) is 0 Å². The molecule has 0 aromatic heterocycles. The molecular formula is C19H21BrN2O4S. The molecule has 1 aromatic carbocycles. The van der Waals surface area contributed by atoms with Crippen molar-refractivity contribution in [3.05, 3.63) is 33.1 Å². The van der Waals surface area contributed by atoms with Crippen molar-refractivity contribution in [3.8, 4) is 5.75 Å². The van der Waals surface area contributed by atoms with Crippen molar-refractivity contribution in [3.63, 3.8) is 0 Å². The van der Waals surface area contributed by atoms with Crippen molar-refractivity contribution in [1.82, 2.24) is 9.80 Å². The van der Waals surface area contributed by atoms with Gasteiger partial charge in [-0.2, -0.15) is 0 Å². The molecule has 2 aliphatic rings. The fourth-order valence-electron chi connectivity index (χ4n) is 2.93. The van der Waals surface area contributed by atoms with Crippen LogP contribution in [0.2, 0.25) is 0 Å². The van der Waals surface area contributed by atoms with E-state index in [0.29, 0.717) is 24.6 Å². The van der Waals surface area contributed by atoms with Gasteiger partial charge in [0.2, 0.25) is 5.91 Å². The van der Waals surface area contributed by atoms with Crippen LogP contribution in [0.4, 0.5) is 4.79 Å². The molecule has 6 nitrogen and oxygen atoms in total. The van der Waals surface area contributed by atoms with Crippen LogP contribution in [0, 0.1) is 0 Å². The molecule has 0 unspecified atom stereocenters. The second-order valence-corrected chi connectivity index (χ2v) is 8.24. The van der Waals surface area contributed by atoms with Gasteiger partial charge < -0.3 is 9.64 Å². The fraction of sp³-hybridized carbons (Fsp3) is 0.421. The molecule has 0 spiro atoms. The first-order valence-corrected chi connectivity index (χ1v) is 10.6. The number of hydrogen-bond acceptors (Lipinski definition) is 5. The number of amides is 3. The van der Waals surface area contributed by atoms with Gasteiger partial charge in [0.15, 0.2) is 0 Å². The Morgan fingerprint density at radius 3 is 2.70 bits per heavy atom. The maximum atomic E-state index is 12.6. The number of likely N-dealkylation sites (tertiary alicyclic amines) is 1. The van der Waals surface area contributed by atoms with Gasteiger partial charge in [-0.15, -0.1) is 0 Å². The number of benzene rings is 1. The third kappa shape index (κ3) is 4.73. The summed E-state index contributed by atoms with van der Waals surface area (Å²) in [5.74, 6) is 0.148. The molecule has 2 saturated heterocycles. The van der Waals surface area contributed by atoms with E-state index in [2.05, 4.69) is 15.9 Å². The summed E-state index contributed by atoms with van der Waals surface area (Å²) in [5, 5.41) is -0.402. The highest BCUT2D eigenvalue weighted by Gasteiger charge is 2.37. The third-order valence-electron chi connectivity index (χ3n) is 4.34. The van der Waals surface area contributed by atoms with E-state index in [1.807, 2.05) is 25.1 Å². The number of hydrogen-bond donors (Lipinski definition) is 0. The normalized spacial score (nSPS) is 18.7. The molecule has 144 valence electrons. The number of imide groups is 1. The Bertz CT molecular complexity index is 790. The zero-order valence-corrected chi connectivity index (χ0v) is 17.5. The van der Waals surface area contributed by atoms with Crippen molar-refractivity contribution in [2.45, 2.75) is 26.2 Å². The van der Waals surface area contributed by atoms with Crippen molar-refractivity contribution < 1.29 is 19.1 Å². The average molecular weight is 453 g/mol. The first kappa shape index (κ1) is 19.9. The van der Waals surface area contributed by atoms with Crippen LogP contribution < -0.4 is 4.74 Å². The van der Waals surface area contributed by atoms with E-state index >= 15 is 0 Å². The van der Waals surface area contributed by atoms with Crippen LogP contribution in [0.3, 0.4) is 0 Å². The summed E-state index contributed by atoms with van der Waals surface area (Å²) >= 11 is 4.33. The van der Waals surface area contributed by atoms with Crippen LogP contribution in [0.5, 0.6) is 5.75 Å². The van der Waals surface area contributed by atoms with Gasteiger partial charge in [-0.3, -0.25) is 19.3 Å². The molecule has 3 rings (SSSR count). The molecule has 27 heavy (non-hydrogen) atoms. The van der Waals surface area contributed by atoms with Crippen LogP contribution in [0.25, 0.3) is 6.08 Å².